The lowest BCUT2D eigenvalue weighted by Crippen LogP contribution is -2.44. The molecule has 1 heterocycles. The molecule has 0 fully saturated rings. The van der Waals surface area contributed by atoms with Crippen LogP contribution < -0.4 is 16.6 Å². The smallest absolute Gasteiger partial charge is 0.405 e. The van der Waals surface area contributed by atoms with E-state index in [1.807, 2.05) is 10.9 Å². The summed E-state index contributed by atoms with van der Waals surface area (Å²) in [6, 6.07) is 5.64. The molecule has 0 aliphatic carbocycles. The number of alkyl halides is 3. The van der Waals surface area contributed by atoms with Crippen LogP contribution in [0.3, 0.4) is 0 Å². The Bertz CT molecular complexity index is 858. The van der Waals surface area contributed by atoms with Crippen LogP contribution in [0.1, 0.15) is 16.8 Å². The molecule has 12 heteroatoms. The lowest BCUT2D eigenvalue weighted by Gasteiger charge is -2.15. The van der Waals surface area contributed by atoms with Gasteiger partial charge in [0.05, 0.1) is 5.52 Å². The van der Waals surface area contributed by atoms with Gasteiger partial charge in [-0.25, -0.2) is 18.0 Å². The van der Waals surface area contributed by atoms with Gasteiger partial charge in [-0.05, 0) is 18.2 Å². The summed E-state index contributed by atoms with van der Waals surface area (Å²) in [5.41, 5.74) is 8.09. The van der Waals surface area contributed by atoms with E-state index in [1.54, 1.807) is 6.07 Å². The van der Waals surface area contributed by atoms with E-state index in [-0.39, 0.29) is 5.52 Å². The average molecular weight is 437 g/mol. The van der Waals surface area contributed by atoms with Gasteiger partial charge in [0.1, 0.15) is 5.69 Å². The van der Waals surface area contributed by atoms with E-state index < -0.39 is 42.9 Å². The van der Waals surface area contributed by atoms with Crippen LogP contribution in [0.25, 0.3) is 10.9 Å². The van der Waals surface area contributed by atoms with Gasteiger partial charge in [0.15, 0.2) is 6.61 Å². The molecule has 0 radical (unpaired) electrons. The van der Waals surface area contributed by atoms with E-state index in [0.29, 0.717) is 14.4 Å². The summed E-state index contributed by atoms with van der Waals surface area (Å²) in [5, 5.41) is 0.323. The second kappa shape index (κ2) is 8.08. The van der Waals surface area contributed by atoms with E-state index in [1.165, 1.54) is 18.2 Å². The Labute approximate surface area is 152 Å². The summed E-state index contributed by atoms with van der Waals surface area (Å²) >= 11 is 3.19. The number of fused-ring (bicyclic) bond motifs is 1. The molecule has 4 N–H and O–H groups in total. The highest BCUT2D eigenvalue weighted by Crippen LogP contribution is 2.32. The van der Waals surface area contributed by atoms with E-state index in [4.69, 9.17) is 0 Å². The number of carbonyl (C=O) groups is 3. The van der Waals surface area contributed by atoms with Gasteiger partial charge in [-0.15, -0.1) is 0 Å². The van der Waals surface area contributed by atoms with E-state index >= 15 is 0 Å². The fraction of sp³-hybridized carbons (Fsp3) is 0.214. The zero-order valence-corrected chi connectivity index (χ0v) is 14.4. The predicted octanol–water partition coefficient (Wildman–Crippen LogP) is 1.99. The van der Waals surface area contributed by atoms with E-state index in [9.17, 15) is 27.6 Å². The van der Waals surface area contributed by atoms with Crippen molar-refractivity contribution in [3.05, 3.63) is 34.4 Å². The van der Waals surface area contributed by atoms with E-state index in [2.05, 4.69) is 26.4 Å². The summed E-state index contributed by atoms with van der Waals surface area (Å²) in [6.45, 7) is -0.771. The molecule has 0 aliphatic heterocycles. The topological polar surface area (TPSA) is 115 Å². The van der Waals surface area contributed by atoms with Crippen LogP contribution in [0.4, 0.5) is 18.0 Å². The molecule has 8 nitrogen and oxygen atoms in total. The minimum Gasteiger partial charge on any atom is -0.440 e. The molecule has 0 spiro atoms. The van der Waals surface area contributed by atoms with Crippen molar-refractivity contribution in [3.63, 3.8) is 0 Å². The molecular weight excluding hydrogens is 425 g/mol. The lowest BCUT2D eigenvalue weighted by molar-refractivity contribution is -0.124. The molecule has 140 valence electrons. The number of hydrazine groups is 1. The fourth-order valence-electron chi connectivity index (χ4n) is 2.13. The number of primary amides is 1. The van der Waals surface area contributed by atoms with Gasteiger partial charge in [0, 0.05) is 9.86 Å². The number of aromatic nitrogens is 1. The maximum Gasteiger partial charge on any atom is 0.405 e. The van der Waals surface area contributed by atoms with Crippen molar-refractivity contribution in [2.24, 2.45) is 5.73 Å². The third-order valence-electron chi connectivity index (χ3n) is 3.18. The van der Waals surface area contributed by atoms with Crippen molar-refractivity contribution in [2.75, 3.05) is 6.61 Å². The van der Waals surface area contributed by atoms with Crippen LogP contribution in [0.2, 0.25) is 0 Å². The van der Waals surface area contributed by atoms with Crippen LogP contribution in [0.5, 0.6) is 0 Å². The summed E-state index contributed by atoms with van der Waals surface area (Å²) in [5.74, 6) is -1.99. The van der Waals surface area contributed by atoms with Crippen molar-refractivity contribution in [1.29, 1.82) is 0 Å². The Morgan fingerprint density at radius 2 is 1.92 bits per heavy atom. The third-order valence-corrected chi connectivity index (χ3v) is 3.87. The second-order valence-corrected chi connectivity index (χ2v) is 5.74. The number of carbonyl (C=O) groups excluding carboxylic acids is 3. The predicted molar refractivity (Wildman–Crippen MR) is 86.9 cm³/mol. The Morgan fingerprint density at radius 3 is 2.54 bits per heavy atom. The maximum absolute atomic E-state index is 14.0. The molecule has 3 amide bonds. The van der Waals surface area contributed by atoms with Crippen molar-refractivity contribution in [3.8, 4) is 0 Å². The first-order valence-electron chi connectivity index (χ1n) is 6.95. The molecule has 1 aromatic heterocycles. The normalized spacial score (nSPS) is 12.0. The first-order chi connectivity index (χ1) is 12.2. The molecule has 1 atom stereocenters. The highest BCUT2D eigenvalue weighted by molar-refractivity contribution is 9.10. The lowest BCUT2D eigenvalue weighted by atomic mass is 10.2. The van der Waals surface area contributed by atoms with E-state index in [0.717, 1.165) is 0 Å². The number of amides is 3. The first-order valence-corrected chi connectivity index (χ1v) is 7.74. The number of nitrogens with one attached hydrogen (secondary N) is 2. The average Bonchev–Trinajstić information content (AvgIpc) is 2.97. The monoisotopic (exact) mass is 436 g/mol. The van der Waals surface area contributed by atoms with Gasteiger partial charge >= 0.3 is 6.09 Å². The van der Waals surface area contributed by atoms with Crippen LogP contribution in [0, 0.1) is 0 Å². The minimum atomic E-state index is -3.38. The van der Waals surface area contributed by atoms with Gasteiger partial charge in [-0.2, -0.15) is 0 Å². The first kappa shape index (κ1) is 19.6. The fourth-order valence-corrected chi connectivity index (χ4v) is 2.60. The maximum atomic E-state index is 14.0. The molecule has 26 heavy (non-hydrogen) atoms. The molecule has 0 aliphatic rings. The zero-order valence-electron chi connectivity index (χ0n) is 12.8. The Hall–Kier alpha value is -2.76. The molecule has 2 aromatic rings. The van der Waals surface area contributed by atoms with Crippen LogP contribution in [-0.4, -0.2) is 35.5 Å². The standard InChI is InChI=1S/C14H12BrF3N4O4/c15-7-2-1-3-8-6(7)4-9(22(8)12(18)11(16)17)13(24)21-20-10(23)5-26-14(19)25/h1-4,11-12H,5H2,(H2,19,25)(H,20,23)(H,21,24). The third kappa shape index (κ3) is 4.25. The van der Waals surface area contributed by atoms with Gasteiger partial charge in [-0.3, -0.25) is 20.4 Å². The van der Waals surface area contributed by atoms with Crippen molar-refractivity contribution in [1.82, 2.24) is 15.4 Å². The number of hydrogen-bond donors (Lipinski definition) is 3. The molecule has 0 saturated carbocycles. The molecule has 1 unspecified atom stereocenters. The van der Waals surface area contributed by atoms with Gasteiger partial charge < -0.3 is 15.0 Å². The summed E-state index contributed by atoms with van der Waals surface area (Å²) < 4.78 is 45.0. The highest BCUT2D eigenvalue weighted by Gasteiger charge is 2.28. The highest BCUT2D eigenvalue weighted by atomic mass is 79.9. The molecule has 2 rings (SSSR count). The summed E-state index contributed by atoms with van der Waals surface area (Å²) in [7, 11) is 0. The Balaban J connectivity index is 2.28. The quantitative estimate of drug-likeness (QED) is 0.621. The Morgan fingerprint density at radius 1 is 1.23 bits per heavy atom. The summed E-state index contributed by atoms with van der Waals surface area (Å²) in [4.78, 5) is 34.0. The Kier molecular flexibility index (Phi) is 6.08. The van der Waals surface area contributed by atoms with Gasteiger partial charge in [0.2, 0.25) is 6.30 Å². The number of benzene rings is 1. The molecular formula is C14H12BrF3N4O4. The number of halogens is 4. The number of nitrogens with two attached hydrogens (primary N) is 1. The number of nitrogens with zero attached hydrogens (tertiary/aromatic N) is 1. The largest absolute Gasteiger partial charge is 0.440 e. The second-order valence-electron chi connectivity index (χ2n) is 4.89. The van der Waals surface area contributed by atoms with Crippen LogP contribution in [-0.2, 0) is 9.53 Å². The van der Waals surface area contributed by atoms with Crippen LogP contribution >= 0.6 is 15.9 Å². The van der Waals surface area contributed by atoms with Crippen molar-refractivity contribution in [2.45, 2.75) is 12.7 Å². The van der Waals surface area contributed by atoms with Crippen molar-refractivity contribution < 1.29 is 32.3 Å². The molecule has 0 saturated heterocycles. The van der Waals surface area contributed by atoms with Crippen LogP contribution in [0.15, 0.2) is 28.7 Å². The number of hydrogen-bond acceptors (Lipinski definition) is 4. The van der Waals surface area contributed by atoms with Gasteiger partial charge in [0.25, 0.3) is 18.2 Å². The molecule has 0 bridgehead atoms. The number of rotatable bonds is 5. The SMILES string of the molecule is NC(=O)OCC(=O)NNC(=O)c1cc2c(Br)cccc2n1C(F)C(F)F. The summed E-state index contributed by atoms with van der Waals surface area (Å²) in [6.07, 6.45) is -7.36. The number of ether oxygens (including phenoxy) is 1. The zero-order chi connectivity index (χ0) is 19.4. The van der Waals surface area contributed by atoms with Crippen molar-refractivity contribution >= 4 is 44.7 Å². The minimum absolute atomic E-state index is 0.0562. The molecule has 1 aromatic carbocycles. The van der Waals surface area contributed by atoms with Gasteiger partial charge in [-0.1, -0.05) is 22.0 Å².